The zero-order chi connectivity index (χ0) is 35.3. The lowest BCUT2D eigenvalue weighted by molar-refractivity contribution is -0.143. The lowest BCUT2D eigenvalue weighted by atomic mass is 10.1. The van der Waals surface area contributed by atoms with Crippen LogP contribution >= 0.6 is 11.8 Å². The first kappa shape index (κ1) is 46.2. The Bertz CT molecular complexity index is 765. The van der Waals surface area contributed by atoms with Gasteiger partial charge in [0, 0.05) is 38.2 Å². The number of carbonyl (C=O) groups excluding carboxylic acids is 3. The topological polar surface area (TPSA) is 76.1 Å². The summed E-state index contributed by atoms with van der Waals surface area (Å²) in [4.78, 5) is 41.2. The standard InChI is InChI=1S/C40H74N2O5S/c1-5-7-9-11-13-21-27-34-46-39(44)29-23-17-15-19-25-31-42(38(43)37-48-36-33-41(3)4)32-26-20-16-18-24-30-40(45)47-35-28-22-14-12-10-8-6-2/h21-22,27-28H,5-20,23-26,29-37H2,1-4H3. The second kappa shape index (κ2) is 36.5. The van der Waals surface area contributed by atoms with Crippen LogP contribution in [0.5, 0.6) is 0 Å². The number of carbonyl (C=O) groups is 3. The molecular formula is C40H74N2O5S. The van der Waals surface area contributed by atoms with Gasteiger partial charge in [-0.3, -0.25) is 14.4 Å². The highest BCUT2D eigenvalue weighted by Gasteiger charge is 2.13. The van der Waals surface area contributed by atoms with Crippen molar-refractivity contribution in [2.75, 3.05) is 58.4 Å². The average Bonchev–Trinajstić information content (AvgIpc) is 3.07. The monoisotopic (exact) mass is 695 g/mol. The number of allylic oxidation sites excluding steroid dienone is 2. The van der Waals surface area contributed by atoms with Crippen LogP contribution in [-0.2, 0) is 23.9 Å². The summed E-state index contributed by atoms with van der Waals surface area (Å²) in [6.45, 7) is 7.79. The van der Waals surface area contributed by atoms with E-state index in [1.165, 1.54) is 51.4 Å². The fraction of sp³-hybridized carbons (Fsp3) is 0.825. The second-order valence-corrected chi connectivity index (χ2v) is 14.4. The Morgan fingerprint density at radius 3 is 1.44 bits per heavy atom. The summed E-state index contributed by atoms with van der Waals surface area (Å²) < 4.78 is 10.6. The Morgan fingerprint density at radius 2 is 0.979 bits per heavy atom. The largest absolute Gasteiger partial charge is 0.461 e. The van der Waals surface area contributed by atoms with Crippen molar-refractivity contribution in [1.29, 1.82) is 0 Å². The molecule has 0 spiro atoms. The van der Waals surface area contributed by atoms with E-state index in [9.17, 15) is 14.4 Å². The average molecular weight is 695 g/mol. The molecular weight excluding hydrogens is 621 g/mol. The molecule has 0 rings (SSSR count). The van der Waals surface area contributed by atoms with E-state index < -0.39 is 0 Å². The molecule has 48 heavy (non-hydrogen) atoms. The van der Waals surface area contributed by atoms with Crippen LogP contribution in [0, 0.1) is 0 Å². The van der Waals surface area contributed by atoms with E-state index in [1.54, 1.807) is 11.8 Å². The van der Waals surface area contributed by atoms with Crippen LogP contribution in [0.3, 0.4) is 0 Å². The van der Waals surface area contributed by atoms with E-state index in [4.69, 9.17) is 9.47 Å². The molecule has 0 aromatic heterocycles. The predicted octanol–water partition coefficient (Wildman–Crippen LogP) is 9.93. The molecule has 0 aliphatic carbocycles. The summed E-state index contributed by atoms with van der Waals surface area (Å²) in [5, 5.41) is 0. The Balaban J connectivity index is 4.12. The smallest absolute Gasteiger partial charge is 0.306 e. The number of amides is 1. The maximum atomic E-state index is 13.0. The third kappa shape index (κ3) is 34.1. The molecule has 0 aliphatic heterocycles. The lowest BCUT2D eigenvalue weighted by Crippen LogP contribution is -2.34. The first-order valence-electron chi connectivity index (χ1n) is 19.5. The predicted molar refractivity (Wildman–Crippen MR) is 206 cm³/mol. The van der Waals surface area contributed by atoms with Gasteiger partial charge in [-0.15, -0.1) is 0 Å². The summed E-state index contributed by atoms with van der Waals surface area (Å²) in [5.41, 5.74) is 0. The molecule has 0 unspecified atom stereocenters. The second-order valence-electron chi connectivity index (χ2n) is 13.3. The molecule has 0 radical (unpaired) electrons. The number of thioether (sulfide) groups is 1. The van der Waals surface area contributed by atoms with Gasteiger partial charge in [0.25, 0.3) is 0 Å². The van der Waals surface area contributed by atoms with Gasteiger partial charge in [-0.05, 0) is 65.5 Å². The molecule has 0 saturated carbocycles. The highest BCUT2D eigenvalue weighted by Crippen LogP contribution is 2.12. The number of hydrogen-bond donors (Lipinski definition) is 0. The van der Waals surface area contributed by atoms with Gasteiger partial charge < -0.3 is 19.3 Å². The normalized spacial score (nSPS) is 11.6. The Kier molecular flexibility index (Phi) is 35.1. The highest BCUT2D eigenvalue weighted by atomic mass is 32.2. The van der Waals surface area contributed by atoms with Gasteiger partial charge in [0.05, 0.1) is 5.75 Å². The van der Waals surface area contributed by atoms with Gasteiger partial charge in [0.1, 0.15) is 13.2 Å². The first-order valence-corrected chi connectivity index (χ1v) is 20.7. The Morgan fingerprint density at radius 1 is 0.542 bits per heavy atom. The molecule has 7 nitrogen and oxygen atoms in total. The van der Waals surface area contributed by atoms with Crippen molar-refractivity contribution in [3.8, 4) is 0 Å². The van der Waals surface area contributed by atoms with Gasteiger partial charge in [-0.1, -0.05) is 115 Å². The van der Waals surface area contributed by atoms with Gasteiger partial charge in [0.2, 0.25) is 5.91 Å². The molecule has 0 aromatic rings. The fourth-order valence-corrected chi connectivity index (χ4v) is 6.24. The van der Waals surface area contributed by atoms with Crippen LogP contribution in [0.25, 0.3) is 0 Å². The van der Waals surface area contributed by atoms with Crippen LogP contribution < -0.4 is 0 Å². The molecule has 0 heterocycles. The summed E-state index contributed by atoms with van der Waals surface area (Å²) in [5.74, 6) is 1.53. The van der Waals surface area contributed by atoms with Crippen LogP contribution in [-0.4, -0.2) is 86.1 Å². The quantitative estimate of drug-likeness (QED) is 0.0371. The van der Waals surface area contributed by atoms with Crippen molar-refractivity contribution < 1.29 is 23.9 Å². The maximum absolute atomic E-state index is 13.0. The van der Waals surface area contributed by atoms with Crippen LogP contribution in [0.1, 0.15) is 155 Å². The van der Waals surface area contributed by atoms with E-state index in [2.05, 4.69) is 49.9 Å². The number of hydrogen-bond acceptors (Lipinski definition) is 7. The van der Waals surface area contributed by atoms with E-state index in [-0.39, 0.29) is 17.8 Å². The SMILES string of the molecule is CCCCCCC=CCOC(=O)CCCCCCCN(CCCCCCCC(=O)OCC=CCCCCCC)C(=O)CSCCN(C)C. The first-order chi connectivity index (χ1) is 23.4. The third-order valence-corrected chi connectivity index (χ3v) is 9.26. The van der Waals surface area contributed by atoms with Crippen LogP contribution in [0.4, 0.5) is 0 Å². The lowest BCUT2D eigenvalue weighted by Gasteiger charge is -2.23. The molecule has 0 atom stereocenters. The number of esters is 2. The minimum absolute atomic E-state index is 0.106. The van der Waals surface area contributed by atoms with Gasteiger partial charge >= 0.3 is 11.9 Å². The maximum Gasteiger partial charge on any atom is 0.306 e. The van der Waals surface area contributed by atoms with Crippen molar-refractivity contribution in [1.82, 2.24) is 9.80 Å². The summed E-state index contributed by atoms with van der Waals surface area (Å²) in [7, 11) is 4.12. The number of nitrogens with zero attached hydrogens (tertiary/aromatic N) is 2. The highest BCUT2D eigenvalue weighted by molar-refractivity contribution is 7.99. The summed E-state index contributed by atoms with van der Waals surface area (Å²) in [6, 6.07) is 0. The van der Waals surface area contributed by atoms with Gasteiger partial charge in [-0.25, -0.2) is 0 Å². The van der Waals surface area contributed by atoms with Crippen LogP contribution in [0.15, 0.2) is 24.3 Å². The Labute approximate surface area is 300 Å². The Hall–Kier alpha value is -1.80. The van der Waals surface area contributed by atoms with Crippen molar-refractivity contribution in [3.63, 3.8) is 0 Å². The van der Waals surface area contributed by atoms with Crippen molar-refractivity contribution in [2.24, 2.45) is 0 Å². The number of ether oxygens (including phenoxy) is 2. The molecule has 280 valence electrons. The van der Waals surface area contributed by atoms with Crippen molar-refractivity contribution in [3.05, 3.63) is 24.3 Å². The number of rotatable bonds is 35. The van der Waals surface area contributed by atoms with Gasteiger partial charge in [0.15, 0.2) is 0 Å². The zero-order valence-corrected chi connectivity index (χ0v) is 32.5. The molecule has 8 heteroatoms. The van der Waals surface area contributed by atoms with Gasteiger partial charge in [-0.2, -0.15) is 11.8 Å². The zero-order valence-electron chi connectivity index (χ0n) is 31.7. The van der Waals surface area contributed by atoms with E-state index in [0.717, 1.165) is 102 Å². The molecule has 1 amide bonds. The van der Waals surface area contributed by atoms with Crippen molar-refractivity contribution in [2.45, 2.75) is 155 Å². The molecule has 0 bridgehead atoms. The molecule has 0 aliphatic rings. The van der Waals surface area contributed by atoms with Crippen LogP contribution in [0.2, 0.25) is 0 Å². The minimum atomic E-state index is -0.106. The summed E-state index contributed by atoms with van der Waals surface area (Å²) in [6.07, 6.45) is 31.3. The third-order valence-electron chi connectivity index (χ3n) is 8.34. The molecule has 0 aromatic carbocycles. The van der Waals surface area contributed by atoms with E-state index in [0.29, 0.717) is 31.8 Å². The number of unbranched alkanes of at least 4 members (excludes halogenated alkanes) is 16. The minimum Gasteiger partial charge on any atom is -0.461 e. The fourth-order valence-electron chi connectivity index (χ4n) is 5.24. The molecule has 0 N–H and O–H groups in total. The van der Waals surface area contributed by atoms with E-state index in [1.807, 2.05) is 12.2 Å². The van der Waals surface area contributed by atoms with Crippen molar-refractivity contribution >= 4 is 29.6 Å². The van der Waals surface area contributed by atoms with E-state index >= 15 is 0 Å². The molecule has 0 fully saturated rings. The summed E-state index contributed by atoms with van der Waals surface area (Å²) >= 11 is 1.72. The molecule has 0 saturated heterocycles.